The number of nitrogens with one attached hydrogen (secondary N) is 1. The zero-order valence-electron chi connectivity index (χ0n) is 17.2. The number of benzene rings is 2. The van der Waals surface area contributed by atoms with E-state index in [0.29, 0.717) is 28.8 Å². The Labute approximate surface area is 175 Å². The summed E-state index contributed by atoms with van der Waals surface area (Å²) in [6.45, 7) is 8.26. The number of hydrogen-bond donors (Lipinski definition) is 1. The van der Waals surface area contributed by atoms with E-state index in [4.69, 9.17) is 25.5 Å². The largest absolute Gasteiger partial charge is 0.495 e. The maximum absolute atomic E-state index is 12.6. The van der Waals surface area contributed by atoms with Gasteiger partial charge in [-0.3, -0.25) is 4.79 Å². The molecule has 5 nitrogen and oxygen atoms in total. The van der Waals surface area contributed by atoms with Crippen molar-refractivity contribution in [3.8, 4) is 11.5 Å². The standard InChI is InChI=1S/C23H24ClNO4/c1-6-28-21-12-22-18(14(3)15(4)29-22)11-17(21)13(2)9-23(26)25-19-10-16(24)7-8-20(19)27-5/h7-12H,6H2,1-5H3,(H,25,26)/b13-9+. The fourth-order valence-electron chi connectivity index (χ4n) is 3.17. The molecule has 152 valence electrons. The molecule has 3 aromatic rings. The first-order chi connectivity index (χ1) is 13.8. The Hall–Kier alpha value is -2.92. The highest BCUT2D eigenvalue weighted by Crippen LogP contribution is 2.35. The first kappa shape index (κ1) is 20.8. The average molecular weight is 414 g/mol. The SMILES string of the molecule is CCOc1cc2oc(C)c(C)c2cc1/C(C)=C/C(=O)Nc1cc(Cl)ccc1OC. The number of methoxy groups -OCH3 is 1. The number of amides is 1. The first-order valence-corrected chi connectivity index (χ1v) is 9.71. The van der Waals surface area contributed by atoms with Gasteiger partial charge in [0, 0.05) is 28.1 Å². The van der Waals surface area contributed by atoms with Crippen LogP contribution in [0.1, 0.15) is 30.7 Å². The van der Waals surface area contributed by atoms with Crippen molar-refractivity contribution in [1.29, 1.82) is 0 Å². The molecule has 0 aliphatic carbocycles. The Morgan fingerprint density at radius 1 is 1.21 bits per heavy atom. The Kier molecular flexibility index (Phi) is 6.18. The number of aryl methyl sites for hydroxylation is 2. The summed E-state index contributed by atoms with van der Waals surface area (Å²) in [4.78, 5) is 12.6. The second-order valence-electron chi connectivity index (χ2n) is 6.72. The van der Waals surface area contributed by atoms with E-state index in [-0.39, 0.29) is 5.91 Å². The van der Waals surface area contributed by atoms with E-state index in [0.717, 1.165) is 33.4 Å². The van der Waals surface area contributed by atoms with Crippen molar-refractivity contribution in [2.45, 2.75) is 27.7 Å². The van der Waals surface area contributed by atoms with Crippen LogP contribution in [0.4, 0.5) is 5.69 Å². The lowest BCUT2D eigenvalue weighted by Crippen LogP contribution is -2.10. The molecule has 0 fully saturated rings. The summed E-state index contributed by atoms with van der Waals surface area (Å²) in [7, 11) is 1.54. The van der Waals surface area contributed by atoms with Crippen LogP contribution in [0.3, 0.4) is 0 Å². The van der Waals surface area contributed by atoms with Gasteiger partial charge in [-0.15, -0.1) is 0 Å². The van der Waals surface area contributed by atoms with Crippen molar-refractivity contribution in [2.24, 2.45) is 0 Å². The molecule has 0 aliphatic rings. The molecular formula is C23H24ClNO4. The van der Waals surface area contributed by atoms with Gasteiger partial charge in [0.05, 0.1) is 19.4 Å². The molecule has 0 unspecified atom stereocenters. The number of fused-ring (bicyclic) bond motifs is 1. The van der Waals surface area contributed by atoms with Crippen LogP contribution in [0.5, 0.6) is 11.5 Å². The second kappa shape index (κ2) is 8.62. The maximum atomic E-state index is 12.6. The average Bonchev–Trinajstić information content (AvgIpc) is 2.94. The summed E-state index contributed by atoms with van der Waals surface area (Å²) in [5.74, 6) is 1.79. The van der Waals surface area contributed by atoms with Crippen molar-refractivity contribution in [1.82, 2.24) is 0 Å². The minimum absolute atomic E-state index is 0.286. The summed E-state index contributed by atoms with van der Waals surface area (Å²) < 4.78 is 16.9. The van der Waals surface area contributed by atoms with Gasteiger partial charge in [0.2, 0.25) is 5.91 Å². The lowest BCUT2D eigenvalue weighted by atomic mass is 10.0. The van der Waals surface area contributed by atoms with Crippen molar-refractivity contribution in [3.05, 3.63) is 58.3 Å². The predicted molar refractivity (Wildman–Crippen MR) is 117 cm³/mol. The second-order valence-corrected chi connectivity index (χ2v) is 7.16. The molecule has 1 heterocycles. The number of allylic oxidation sites excluding steroid dienone is 1. The predicted octanol–water partition coefficient (Wildman–Crippen LogP) is 6.15. The third kappa shape index (κ3) is 4.40. The van der Waals surface area contributed by atoms with Gasteiger partial charge in [-0.05, 0) is 63.1 Å². The third-order valence-corrected chi connectivity index (χ3v) is 5.00. The van der Waals surface area contributed by atoms with E-state index in [1.54, 1.807) is 25.3 Å². The summed E-state index contributed by atoms with van der Waals surface area (Å²) in [5, 5.41) is 4.34. The van der Waals surface area contributed by atoms with Crippen LogP contribution in [-0.2, 0) is 4.79 Å². The Balaban J connectivity index is 1.97. The summed E-state index contributed by atoms with van der Waals surface area (Å²) in [6, 6.07) is 8.95. The van der Waals surface area contributed by atoms with Crippen molar-refractivity contribution in [3.63, 3.8) is 0 Å². The summed E-state index contributed by atoms with van der Waals surface area (Å²) >= 11 is 6.04. The molecular weight excluding hydrogens is 390 g/mol. The lowest BCUT2D eigenvalue weighted by molar-refractivity contribution is -0.111. The normalized spacial score (nSPS) is 11.6. The van der Waals surface area contributed by atoms with E-state index in [2.05, 4.69) is 5.32 Å². The first-order valence-electron chi connectivity index (χ1n) is 9.33. The summed E-state index contributed by atoms with van der Waals surface area (Å²) in [6.07, 6.45) is 1.53. The van der Waals surface area contributed by atoms with Crippen LogP contribution < -0.4 is 14.8 Å². The Morgan fingerprint density at radius 3 is 2.66 bits per heavy atom. The van der Waals surface area contributed by atoms with E-state index in [1.165, 1.54) is 6.08 Å². The minimum atomic E-state index is -0.286. The van der Waals surface area contributed by atoms with Gasteiger partial charge in [0.1, 0.15) is 22.8 Å². The lowest BCUT2D eigenvalue weighted by Gasteiger charge is -2.12. The Bertz CT molecular complexity index is 1100. The zero-order chi connectivity index (χ0) is 21.1. The number of furan rings is 1. The summed E-state index contributed by atoms with van der Waals surface area (Å²) in [5.41, 5.74) is 3.97. The van der Waals surface area contributed by atoms with Gasteiger partial charge < -0.3 is 19.2 Å². The van der Waals surface area contributed by atoms with E-state index >= 15 is 0 Å². The molecule has 1 aromatic heterocycles. The molecule has 0 atom stereocenters. The van der Waals surface area contributed by atoms with Crippen molar-refractivity contribution >= 4 is 39.7 Å². The zero-order valence-corrected chi connectivity index (χ0v) is 17.9. The van der Waals surface area contributed by atoms with Gasteiger partial charge in [0.25, 0.3) is 0 Å². The fourth-order valence-corrected chi connectivity index (χ4v) is 3.35. The number of rotatable bonds is 6. The molecule has 1 amide bonds. The van der Waals surface area contributed by atoms with E-state index in [1.807, 2.05) is 39.8 Å². The van der Waals surface area contributed by atoms with Gasteiger partial charge in [-0.25, -0.2) is 0 Å². The molecule has 0 saturated heterocycles. The highest BCUT2D eigenvalue weighted by molar-refractivity contribution is 6.31. The quantitative estimate of drug-likeness (QED) is 0.492. The topological polar surface area (TPSA) is 60.7 Å². The molecule has 6 heteroatoms. The van der Waals surface area contributed by atoms with E-state index < -0.39 is 0 Å². The molecule has 0 radical (unpaired) electrons. The minimum Gasteiger partial charge on any atom is -0.495 e. The van der Waals surface area contributed by atoms with Crippen LogP contribution in [0.2, 0.25) is 5.02 Å². The number of halogens is 1. The number of anilines is 1. The highest BCUT2D eigenvalue weighted by atomic mass is 35.5. The van der Waals surface area contributed by atoms with Crippen LogP contribution in [0, 0.1) is 13.8 Å². The van der Waals surface area contributed by atoms with Crippen molar-refractivity contribution in [2.75, 3.05) is 19.0 Å². The number of carbonyl (C=O) groups is 1. The van der Waals surface area contributed by atoms with Gasteiger partial charge in [0.15, 0.2) is 0 Å². The molecule has 3 rings (SSSR count). The molecule has 1 N–H and O–H groups in total. The van der Waals surface area contributed by atoms with Gasteiger partial charge in [-0.2, -0.15) is 0 Å². The monoisotopic (exact) mass is 413 g/mol. The highest BCUT2D eigenvalue weighted by Gasteiger charge is 2.15. The van der Waals surface area contributed by atoms with Crippen LogP contribution in [-0.4, -0.2) is 19.6 Å². The fraction of sp³-hybridized carbons (Fsp3) is 0.261. The molecule has 0 aliphatic heterocycles. The number of hydrogen-bond acceptors (Lipinski definition) is 4. The maximum Gasteiger partial charge on any atom is 0.248 e. The van der Waals surface area contributed by atoms with Gasteiger partial charge in [-0.1, -0.05) is 11.6 Å². The van der Waals surface area contributed by atoms with Gasteiger partial charge >= 0.3 is 0 Å². The van der Waals surface area contributed by atoms with E-state index in [9.17, 15) is 4.79 Å². The molecule has 0 bridgehead atoms. The third-order valence-electron chi connectivity index (χ3n) is 4.77. The Morgan fingerprint density at radius 2 is 1.97 bits per heavy atom. The van der Waals surface area contributed by atoms with Crippen LogP contribution in [0.15, 0.2) is 40.8 Å². The molecule has 0 saturated carbocycles. The smallest absolute Gasteiger partial charge is 0.248 e. The van der Waals surface area contributed by atoms with Crippen molar-refractivity contribution < 1.29 is 18.7 Å². The van der Waals surface area contributed by atoms with Crippen LogP contribution in [0.25, 0.3) is 16.5 Å². The number of carbonyl (C=O) groups excluding carboxylic acids is 1. The molecule has 2 aromatic carbocycles. The van der Waals surface area contributed by atoms with Crippen LogP contribution >= 0.6 is 11.6 Å². The molecule has 0 spiro atoms. The molecule has 29 heavy (non-hydrogen) atoms. The number of ether oxygens (including phenoxy) is 2.